The van der Waals surface area contributed by atoms with E-state index < -0.39 is 0 Å². The highest BCUT2D eigenvalue weighted by molar-refractivity contribution is 5.81. The van der Waals surface area contributed by atoms with Gasteiger partial charge in [-0.25, -0.2) is 4.98 Å². The van der Waals surface area contributed by atoms with E-state index in [9.17, 15) is 4.79 Å². The average molecular weight is 397 g/mol. The van der Waals surface area contributed by atoms with Crippen molar-refractivity contribution in [3.63, 3.8) is 0 Å². The number of likely N-dealkylation sites (N-methyl/N-ethyl adjacent to an activating group) is 3. The number of carbonyl (C=O) groups excluding carboxylic acids is 1. The molecule has 2 fully saturated rings. The first-order valence-electron chi connectivity index (χ1n) is 10.6. The summed E-state index contributed by atoms with van der Waals surface area (Å²) in [6, 6.07) is 6.25. The number of pyridine rings is 1. The third-order valence-electron chi connectivity index (χ3n) is 6.29. The number of fused-ring (bicyclic) bond motifs is 1. The second kappa shape index (κ2) is 8.16. The number of ketones is 1. The predicted octanol–water partition coefficient (Wildman–Crippen LogP) is 1.91. The summed E-state index contributed by atoms with van der Waals surface area (Å²) in [5.41, 5.74) is 2.80. The first-order chi connectivity index (χ1) is 14.0. The Kier molecular flexibility index (Phi) is 5.61. The van der Waals surface area contributed by atoms with Gasteiger partial charge in [0.15, 0.2) is 0 Å². The monoisotopic (exact) mass is 396 g/mol. The van der Waals surface area contributed by atoms with Crippen molar-refractivity contribution in [3.05, 3.63) is 42.4 Å². The van der Waals surface area contributed by atoms with E-state index in [1.807, 2.05) is 6.07 Å². The van der Waals surface area contributed by atoms with Crippen LogP contribution in [0.5, 0.6) is 0 Å². The number of nitrogens with zero attached hydrogens (tertiary/aromatic N) is 5. The number of piperidine rings is 1. The third-order valence-corrected chi connectivity index (χ3v) is 6.29. The standard InChI is InChI=1S/C22H32N6O/c1-5-23-16(2)19-13-17(29)14-20(26(19)4)18-15-28-21(24-18)7-6-8-22(28)27-11-9-25(3)10-12-27/h6-8,15,19-20,23H,2,5,9-14H2,1,3-4H3. The smallest absolute Gasteiger partial charge is 0.138 e. The van der Waals surface area contributed by atoms with Gasteiger partial charge in [-0.1, -0.05) is 12.6 Å². The SMILES string of the molecule is C=C(NCC)C1CC(=O)CC(c2cn3c(N4CCN(C)CC4)cccc3n2)N1C. The zero-order chi connectivity index (χ0) is 20.5. The van der Waals surface area contributed by atoms with Crippen molar-refractivity contribution >= 4 is 17.2 Å². The van der Waals surface area contributed by atoms with E-state index in [2.05, 4.69) is 70.3 Å². The average Bonchev–Trinajstić information content (AvgIpc) is 3.14. The van der Waals surface area contributed by atoms with Gasteiger partial charge in [0, 0.05) is 57.5 Å². The molecule has 0 spiro atoms. The molecule has 0 saturated carbocycles. The Morgan fingerprint density at radius 2 is 1.97 bits per heavy atom. The van der Waals surface area contributed by atoms with Crippen LogP contribution in [0.1, 0.15) is 31.5 Å². The Labute approximate surface area is 173 Å². The number of hydrogen-bond donors (Lipinski definition) is 1. The van der Waals surface area contributed by atoms with Crippen LogP contribution in [0.15, 0.2) is 36.7 Å². The van der Waals surface area contributed by atoms with E-state index in [0.717, 1.165) is 49.8 Å². The van der Waals surface area contributed by atoms with Gasteiger partial charge in [-0.05, 0) is 33.2 Å². The highest BCUT2D eigenvalue weighted by Crippen LogP contribution is 2.33. The second-order valence-corrected chi connectivity index (χ2v) is 8.27. The van der Waals surface area contributed by atoms with Crippen LogP contribution in [0, 0.1) is 0 Å². The molecule has 0 radical (unpaired) electrons. The lowest BCUT2D eigenvalue weighted by atomic mass is 9.92. The molecule has 2 aliphatic rings. The van der Waals surface area contributed by atoms with Crippen LogP contribution in [0.2, 0.25) is 0 Å². The highest BCUT2D eigenvalue weighted by atomic mass is 16.1. The Morgan fingerprint density at radius 3 is 2.69 bits per heavy atom. The number of likely N-dealkylation sites (tertiary alicyclic amines) is 1. The minimum Gasteiger partial charge on any atom is -0.388 e. The molecule has 156 valence electrons. The fourth-order valence-electron chi connectivity index (χ4n) is 4.52. The van der Waals surface area contributed by atoms with Crippen molar-refractivity contribution in [3.8, 4) is 0 Å². The molecule has 0 bridgehead atoms. The van der Waals surface area contributed by atoms with Crippen LogP contribution in [-0.2, 0) is 4.79 Å². The number of Topliss-reactive ketones (excluding diaryl/α,β-unsaturated/α-hetero) is 1. The van der Waals surface area contributed by atoms with Crippen molar-refractivity contribution in [1.82, 2.24) is 24.5 Å². The van der Waals surface area contributed by atoms with E-state index in [1.54, 1.807) is 0 Å². The first-order valence-corrected chi connectivity index (χ1v) is 10.6. The largest absolute Gasteiger partial charge is 0.388 e. The molecule has 7 nitrogen and oxygen atoms in total. The number of hydrogen-bond acceptors (Lipinski definition) is 6. The summed E-state index contributed by atoms with van der Waals surface area (Å²) in [6.45, 7) is 11.2. The number of rotatable bonds is 5. The van der Waals surface area contributed by atoms with E-state index in [1.165, 1.54) is 5.82 Å². The fraction of sp³-hybridized carbons (Fsp3) is 0.545. The van der Waals surface area contributed by atoms with Gasteiger partial charge < -0.3 is 15.1 Å². The Bertz CT molecular complexity index is 898. The summed E-state index contributed by atoms with van der Waals surface area (Å²) in [6.07, 6.45) is 3.13. The predicted molar refractivity (Wildman–Crippen MR) is 116 cm³/mol. The van der Waals surface area contributed by atoms with Gasteiger partial charge in [0.25, 0.3) is 0 Å². The lowest BCUT2D eigenvalue weighted by molar-refractivity contribution is -0.124. The van der Waals surface area contributed by atoms with Gasteiger partial charge in [0.1, 0.15) is 17.2 Å². The fourth-order valence-corrected chi connectivity index (χ4v) is 4.52. The molecule has 2 saturated heterocycles. The van der Waals surface area contributed by atoms with Gasteiger partial charge in [-0.15, -0.1) is 0 Å². The van der Waals surface area contributed by atoms with Gasteiger partial charge >= 0.3 is 0 Å². The molecule has 2 atom stereocenters. The number of piperazine rings is 1. The van der Waals surface area contributed by atoms with E-state index in [4.69, 9.17) is 4.98 Å². The number of anilines is 1. The first kappa shape index (κ1) is 19.9. The highest BCUT2D eigenvalue weighted by Gasteiger charge is 2.36. The maximum Gasteiger partial charge on any atom is 0.138 e. The zero-order valence-corrected chi connectivity index (χ0v) is 17.8. The van der Waals surface area contributed by atoms with E-state index >= 15 is 0 Å². The minimum absolute atomic E-state index is 0.00288. The Balaban J connectivity index is 1.64. The summed E-state index contributed by atoms with van der Waals surface area (Å²) in [4.78, 5) is 24.5. The van der Waals surface area contributed by atoms with Crippen molar-refractivity contribution in [2.75, 3.05) is 51.7 Å². The molecule has 0 amide bonds. The Morgan fingerprint density at radius 1 is 1.21 bits per heavy atom. The lowest BCUT2D eigenvalue weighted by Crippen LogP contribution is -2.46. The molecular formula is C22H32N6O. The third kappa shape index (κ3) is 3.89. The molecule has 2 aromatic heterocycles. The summed E-state index contributed by atoms with van der Waals surface area (Å²) in [7, 11) is 4.25. The minimum atomic E-state index is -0.0307. The summed E-state index contributed by atoms with van der Waals surface area (Å²) >= 11 is 0. The van der Waals surface area contributed by atoms with Crippen molar-refractivity contribution < 1.29 is 4.79 Å². The van der Waals surface area contributed by atoms with Crippen LogP contribution in [0.25, 0.3) is 5.65 Å². The van der Waals surface area contributed by atoms with Crippen LogP contribution >= 0.6 is 0 Å². The topological polar surface area (TPSA) is 56.1 Å². The van der Waals surface area contributed by atoms with Crippen LogP contribution in [0.3, 0.4) is 0 Å². The summed E-state index contributed by atoms with van der Waals surface area (Å²) < 4.78 is 2.18. The quantitative estimate of drug-likeness (QED) is 0.833. The maximum atomic E-state index is 12.5. The molecule has 4 heterocycles. The summed E-state index contributed by atoms with van der Waals surface area (Å²) in [5, 5.41) is 3.30. The van der Waals surface area contributed by atoms with E-state index in [0.29, 0.717) is 12.8 Å². The normalized spacial score (nSPS) is 24.2. The number of carbonyl (C=O) groups is 1. The van der Waals surface area contributed by atoms with E-state index in [-0.39, 0.29) is 17.9 Å². The van der Waals surface area contributed by atoms with Crippen LogP contribution in [0.4, 0.5) is 5.82 Å². The van der Waals surface area contributed by atoms with Crippen molar-refractivity contribution in [1.29, 1.82) is 0 Å². The molecule has 0 aromatic carbocycles. The molecule has 2 aromatic rings. The van der Waals surface area contributed by atoms with Crippen LogP contribution in [-0.4, -0.2) is 77.8 Å². The van der Waals surface area contributed by atoms with Crippen molar-refractivity contribution in [2.45, 2.75) is 31.8 Å². The molecule has 1 N–H and O–H groups in total. The van der Waals surface area contributed by atoms with Gasteiger partial charge in [-0.3, -0.25) is 14.1 Å². The number of aromatic nitrogens is 2. The molecule has 7 heteroatoms. The zero-order valence-electron chi connectivity index (χ0n) is 17.8. The molecule has 4 rings (SSSR count). The molecular weight excluding hydrogens is 364 g/mol. The summed E-state index contributed by atoms with van der Waals surface area (Å²) in [5.74, 6) is 1.45. The van der Waals surface area contributed by atoms with Gasteiger partial charge in [0.2, 0.25) is 0 Å². The Hall–Kier alpha value is -2.38. The van der Waals surface area contributed by atoms with Gasteiger partial charge in [-0.2, -0.15) is 0 Å². The van der Waals surface area contributed by atoms with Crippen molar-refractivity contribution in [2.24, 2.45) is 0 Å². The molecule has 29 heavy (non-hydrogen) atoms. The molecule has 0 aliphatic carbocycles. The number of nitrogens with one attached hydrogen (secondary N) is 1. The van der Waals surface area contributed by atoms with Gasteiger partial charge in [0.05, 0.1) is 17.8 Å². The maximum absolute atomic E-state index is 12.5. The number of imidazole rings is 1. The lowest BCUT2D eigenvalue weighted by Gasteiger charge is -2.39. The molecule has 2 unspecified atom stereocenters. The van der Waals surface area contributed by atoms with Crippen LogP contribution < -0.4 is 10.2 Å². The second-order valence-electron chi connectivity index (χ2n) is 8.27. The molecule has 2 aliphatic heterocycles.